The number of phosphoric ester groups is 1. The van der Waals surface area contributed by atoms with Crippen LogP contribution >= 0.6 is 7.82 Å². The van der Waals surface area contributed by atoms with Gasteiger partial charge in [0, 0.05) is 0 Å². The molecule has 0 spiro atoms. The zero-order valence-electron chi connectivity index (χ0n) is 6.40. The summed E-state index contributed by atoms with van der Waals surface area (Å²) in [5.41, 5.74) is 0. The first-order chi connectivity index (χ1) is 5.99. The number of phosphoric acid groups is 1. The summed E-state index contributed by atoms with van der Waals surface area (Å²) in [6.45, 7) is -0.175. The third-order valence-corrected chi connectivity index (χ3v) is 2.93. The second kappa shape index (κ2) is 2.99. The molecule has 0 aromatic heterocycles. The lowest BCUT2D eigenvalue weighted by atomic mass is 10.1. The smallest absolute Gasteiger partial charge is 0.268 e. The molecule has 2 unspecified atom stereocenters. The van der Waals surface area contributed by atoms with Crippen molar-refractivity contribution in [1.82, 2.24) is 0 Å². The normalized spacial score (nSPS) is 56.2. The van der Waals surface area contributed by atoms with Gasteiger partial charge in [0.1, 0.15) is 18.3 Å². The van der Waals surface area contributed by atoms with E-state index in [1.165, 1.54) is 0 Å². The molecule has 2 aliphatic heterocycles. The summed E-state index contributed by atoms with van der Waals surface area (Å²) in [6.07, 6.45) is -4.70. The third-order valence-electron chi connectivity index (χ3n) is 1.92. The highest BCUT2D eigenvalue weighted by Gasteiger charge is 2.49. The van der Waals surface area contributed by atoms with E-state index in [1.54, 1.807) is 0 Å². The van der Waals surface area contributed by atoms with Crippen molar-refractivity contribution in [3.63, 3.8) is 0 Å². The Morgan fingerprint density at radius 2 is 1.92 bits per heavy atom. The Balaban J connectivity index is 2.19. The summed E-state index contributed by atoms with van der Waals surface area (Å²) in [7, 11) is -4.37. The lowest BCUT2D eigenvalue weighted by molar-refractivity contribution is -0.226. The third kappa shape index (κ3) is 1.64. The molecule has 0 bridgehead atoms. The molecule has 2 saturated heterocycles. The van der Waals surface area contributed by atoms with E-state index in [0.29, 0.717) is 0 Å². The maximum atomic E-state index is 10.8. The van der Waals surface area contributed by atoms with Gasteiger partial charge in [-0.1, -0.05) is 0 Å². The summed E-state index contributed by atoms with van der Waals surface area (Å²) >= 11 is 0. The molecule has 0 radical (unpaired) electrons. The quantitative estimate of drug-likeness (QED) is 0.444. The van der Waals surface area contributed by atoms with Gasteiger partial charge in [0.2, 0.25) is 0 Å². The number of ether oxygens (including phenoxy) is 1. The minimum absolute atomic E-state index is 0.175. The van der Waals surface area contributed by atoms with Crippen molar-refractivity contribution in [3.8, 4) is 0 Å². The first-order valence-corrected chi connectivity index (χ1v) is 5.11. The number of hydrogen-bond donors (Lipinski definition) is 2. The van der Waals surface area contributed by atoms with Crippen molar-refractivity contribution in [2.75, 3.05) is 6.61 Å². The Bertz CT molecular complexity index is 233. The molecule has 2 heterocycles. The van der Waals surface area contributed by atoms with Crippen LogP contribution in [0.25, 0.3) is 0 Å². The second-order valence-electron chi connectivity index (χ2n) is 2.88. The molecule has 0 saturated carbocycles. The van der Waals surface area contributed by atoms with Crippen molar-refractivity contribution in [2.45, 2.75) is 24.6 Å². The van der Waals surface area contributed by atoms with Crippen LogP contribution in [0, 0.1) is 0 Å². The standard InChI is InChI=1S/C5H9O7P/c6-2-1-10-5(7)4-3(2)11-13(8,9)12-4/h2-7H,1H2,(H,8,9)/p-1/t2-,3-,4-,5?/m1/s1. The van der Waals surface area contributed by atoms with Crippen LogP contribution in [0.2, 0.25) is 0 Å². The van der Waals surface area contributed by atoms with Gasteiger partial charge in [-0.25, -0.2) is 0 Å². The summed E-state index contributed by atoms with van der Waals surface area (Å²) in [4.78, 5) is 10.8. The van der Waals surface area contributed by atoms with Gasteiger partial charge < -0.3 is 28.9 Å². The zero-order chi connectivity index (χ0) is 9.64. The van der Waals surface area contributed by atoms with Crippen LogP contribution in [0.15, 0.2) is 0 Å². The van der Waals surface area contributed by atoms with Crippen molar-refractivity contribution in [2.24, 2.45) is 0 Å². The molecule has 8 heteroatoms. The lowest BCUT2D eigenvalue weighted by Crippen LogP contribution is -2.51. The average Bonchev–Trinajstić information content (AvgIpc) is 2.35. The van der Waals surface area contributed by atoms with E-state index in [1.807, 2.05) is 0 Å². The van der Waals surface area contributed by atoms with Gasteiger partial charge >= 0.3 is 0 Å². The molecule has 2 fully saturated rings. The number of rotatable bonds is 0. The first-order valence-electron chi connectivity index (χ1n) is 3.65. The van der Waals surface area contributed by atoms with E-state index in [4.69, 9.17) is 5.11 Å². The van der Waals surface area contributed by atoms with E-state index >= 15 is 0 Å². The maximum Gasteiger partial charge on any atom is 0.268 e. The van der Waals surface area contributed by atoms with Gasteiger partial charge in [0.05, 0.1) is 6.61 Å². The van der Waals surface area contributed by atoms with E-state index < -0.39 is 32.4 Å². The topological polar surface area (TPSA) is 108 Å². The Hall–Kier alpha value is -0.0100. The maximum absolute atomic E-state index is 10.8. The highest BCUT2D eigenvalue weighted by molar-refractivity contribution is 7.46. The first kappa shape index (κ1) is 9.54. The largest absolute Gasteiger partial charge is 0.756 e. The molecule has 2 aliphatic rings. The molecule has 7 nitrogen and oxygen atoms in total. The Morgan fingerprint density at radius 3 is 2.54 bits per heavy atom. The predicted octanol–water partition coefficient (Wildman–Crippen LogP) is -2.05. The zero-order valence-corrected chi connectivity index (χ0v) is 7.29. The van der Waals surface area contributed by atoms with Gasteiger partial charge in [-0.15, -0.1) is 0 Å². The fraction of sp³-hybridized carbons (Fsp3) is 1.00. The Morgan fingerprint density at radius 1 is 1.31 bits per heavy atom. The summed E-state index contributed by atoms with van der Waals surface area (Å²) in [5.74, 6) is 0. The van der Waals surface area contributed by atoms with Crippen LogP contribution < -0.4 is 4.89 Å². The van der Waals surface area contributed by atoms with Crippen LogP contribution in [0.1, 0.15) is 0 Å². The summed E-state index contributed by atoms with van der Waals surface area (Å²) in [5, 5.41) is 18.4. The van der Waals surface area contributed by atoms with Gasteiger partial charge in [0.25, 0.3) is 7.82 Å². The molecule has 2 rings (SSSR count). The van der Waals surface area contributed by atoms with Crippen molar-refractivity contribution in [1.29, 1.82) is 0 Å². The van der Waals surface area contributed by atoms with Crippen molar-refractivity contribution < 1.29 is 33.5 Å². The van der Waals surface area contributed by atoms with Gasteiger partial charge in [0.15, 0.2) is 6.29 Å². The molecule has 0 aromatic carbocycles. The number of aliphatic hydroxyl groups is 2. The molecule has 5 atom stereocenters. The molecular weight excluding hydrogens is 203 g/mol. The van der Waals surface area contributed by atoms with Crippen molar-refractivity contribution in [3.05, 3.63) is 0 Å². The minimum atomic E-state index is -4.37. The molecule has 2 N–H and O–H groups in total. The highest BCUT2D eigenvalue weighted by Crippen LogP contribution is 2.51. The average molecular weight is 211 g/mol. The van der Waals surface area contributed by atoms with Crippen LogP contribution in [0.5, 0.6) is 0 Å². The number of fused-ring (bicyclic) bond motifs is 1. The van der Waals surface area contributed by atoms with Crippen LogP contribution in [-0.2, 0) is 18.3 Å². The van der Waals surface area contributed by atoms with E-state index in [-0.39, 0.29) is 6.61 Å². The van der Waals surface area contributed by atoms with Crippen LogP contribution in [0.4, 0.5) is 0 Å². The molecule has 0 aromatic rings. The second-order valence-corrected chi connectivity index (χ2v) is 4.19. The van der Waals surface area contributed by atoms with Crippen LogP contribution in [0.3, 0.4) is 0 Å². The highest BCUT2D eigenvalue weighted by atomic mass is 31.2. The molecule has 0 amide bonds. The fourth-order valence-electron chi connectivity index (χ4n) is 1.33. The SMILES string of the molecule is O=P1([O-])O[C@@H]2[C@H](O)COC(O)[C@@H]2O1. The summed E-state index contributed by atoms with van der Waals surface area (Å²) < 4.78 is 24.2. The molecule has 76 valence electrons. The van der Waals surface area contributed by atoms with Gasteiger partial charge in [-0.05, 0) is 0 Å². The minimum Gasteiger partial charge on any atom is -0.756 e. The predicted molar refractivity (Wildman–Crippen MR) is 35.3 cm³/mol. The fourth-order valence-corrected chi connectivity index (χ4v) is 2.46. The number of hydrogen-bond acceptors (Lipinski definition) is 7. The molecular formula is C5H8O7P-. The van der Waals surface area contributed by atoms with E-state index in [9.17, 15) is 14.6 Å². The monoisotopic (exact) mass is 211 g/mol. The van der Waals surface area contributed by atoms with E-state index in [2.05, 4.69) is 13.8 Å². The van der Waals surface area contributed by atoms with E-state index in [0.717, 1.165) is 0 Å². The van der Waals surface area contributed by atoms with Crippen LogP contribution in [-0.4, -0.2) is 41.4 Å². The molecule has 0 aliphatic carbocycles. The Kier molecular flexibility index (Phi) is 2.20. The molecule has 13 heavy (non-hydrogen) atoms. The summed E-state index contributed by atoms with van der Waals surface area (Å²) in [6, 6.07) is 0. The lowest BCUT2D eigenvalue weighted by Gasteiger charge is -2.30. The van der Waals surface area contributed by atoms with Gasteiger partial charge in [-0.3, -0.25) is 4.57 Å². The Labute approximate surface area is 73.5 Å². The van der Waals surface area contributed by atoms with Gasteiger partial charge in [-0.2, -0.15) is 0 Å². The number of aliphatic hydroxyl groups excluding tert-OH is 2. The van der Waals surface area contributed by atoms with Crippen molar-refractivity contribution >= 4 is 7.82 Å².